The van der Waals surface area contributed by atoms with Gasteiger partial charge in [-0.05, 0) is 48.9 Å². The van der Waals surface area contributed by atoms with Crippen molar-refractivity contribution in [2.75, 3.05) is 14.2 Å². The third-order valence-corrected chi connectivity index (χ3v) is 5.14. The SMILES string of the molecule is CCn1c2ccccc2c2cc(/C=N/NC(=O)c3ccc(OC)c(OC)c3)ccc21. The lowest BCUT2D eigenvalue weighted by molar-refractivity contribution is 0.0954. The Morgan fingerprint density at radius 2 is 1.73 bits per heavy atom. The van der Waals surface area contributed by atoms with Crippen molar-refractivity contribution in [3.05, 3.63) is 71.8 Å². The Bertz CT molecular complexity index is 1260. The number of aryl methyl sites for hydroxylation is 1. The first-order valence-electron chi connectivity index (χ1n) is 9.72. The van der Waals surface area contributed by atoms with Crippen LogP contribution in [-0.4, -0.2) is 30.9 Å². The van der Waals surface area contributed by atoms with Crippen LogP contribution in [0.5, 0.6) is 11.5 Å². The van der Waals surface area contributed by atoms with E-state index in [4.69, 9.17) is 9.47 Å². The largest absolute Gasteiger partial charge is 0.493 e. The van der Waals surface area contributed by atoms with Crippen LogP contribution in [0, 0.1) is 0 Å². The maximum absolute atomic E-state index is 12.4. The van der Waals surface area contributed by atoms with Crippen LogP contribution in [0.3, 0.4) is 0 Å². The van der Waals surface area contributed by atoms with Crippen LogP contribution in [0.15, 0.2) is 65.8 Å². The Morgan fingerprint density at radius 3 is 2.50 bits per heavy atom. The fourth-order valence-corrected chi connectivity index (χ4v) is 3.70. The number of carbonyl (C=O) groups excluding carboxylic acids is 1. The number of hydrogen-bond donors (Lipinski definition) is 1. The molecular weight excluding hydrogens is 378 g/mol. The van der Waals surface area contributed by atoms with Gasteiger partial charge in [-0.2, -0.15) is 5.10 Å². The molecule has 0 saturated carbocycles. The van der Waals surface area contributed by atoms with Gasteiger partial charge in [0.05, 0.1) is 20.4 Å². The van der Waals surface area contributed by atoms with Crippen molar-refractivity contribution < 1.29 is 14.3 Å². The molecule has 3 aromatic carbocycles. The van der Waals surface area contributed by atoms with Crippen LogP contribution < -0.4 is 14.9 Å². The monoisotopic (exact) mass is 401 g/mol. The minimum absolute atomic E-state index is 0.323. The molecule has 0 radical (unpaired) electrons. The summed E-state index contributed by atoms with van der Waals surface area (Å²) in [7, 11) is 3.08. The summed E-state index contributed by atoms with van der Waals surface area (Å²) < 4.78 is 12.7. The maximum atomic E-state index is 12.4. The molecule has 1 N–H and O–H groups in total. The van der Waals surface area contributed by atoms with Crippen LogP contribution in [0.1, 0.15) is 22.8 Å². The molecule has 0 atom stereocenters. The van der Waals surface area contributed by atoms with Crippen LogP contribution in [0.2, 0.25) is 0 Å². The zero-order chi connectivity index (χ0) is 21.1. The van der Waals surface area contributed by atoms with Gasteiger partial charge in [-0.3, -0.25) is 4.79 Å². The van der Waals surface area contributed by atoms with Crippen molar-refractivity contribution in [3.8, 4) is 11.5 Å². The molecular formula is C24H23N3O3. The summed E-state index contributed by atoms with van der Waals surface area (Å²) in [5.74, 6) is 0.736. The first kappa shape index (κ1) is 19.5. The van der Waals surface area contributed by atoms with Gasteiger partial charge in [0.15, 0.2) is 11.5 Å². The molecule has 1 aromatic heterocycles. The molecule has 1 heterocycles. The van der Waals surface area contributed by atoms with E-state index in [1.54, 1.807) is 31.5 Å². The molecule has 4 aromatic rings. The smallest absolute Gasteiger partial charge is 0.271 e. The van der Waals surface area contributed by atoms with Gasteiger partial charge < -0.3 is 14.0 Å². The van der Waals surface area contributed by atoms with Gasteiger partial charge >= 0.3 is 0 Å². The quantitative estimate of drug-likeness (QED) is 0.379. The molecule has 0 bridgehead atoms. The molecule has 152 valence electrons. The Morgan fingerprint density at radius 1 is 0.967 bits per heavy atom. The van der Waals surface area contributed by atoms with Gasteiger partial charge in [-0.15, -0.1) is 0 Å². The van der Waals surface area contributed by atoms with Crippen LogP contribution in [0.25, 0.3) is 21.8 Å². The van der Waals surface area contributed by atoms with E-state index in [1.807, 2.05) is 12.1 Å². The highest BCUT2D eigenvalue weighted by Crippen LogP contribution is 2.29. The third-order valence-electron chi connectivity index (χ3n) is 5.14. The van der Waals surface area contributed by atoms with Gasteiger partial charge in [0, 0.05) is 33.9 Å². The normalized spacial score (nSPS) is 11.3. The Kier molecular flexibility index (Phi) is 5.39. The fraction of sp³-hybridized carbons (Fsp3) is 0.167. The van der Waals surface area contributed by atoms with Crippen molar-refractivity contribution in [3.63, 3.8) is 0 Å². The number of fused-ring (bicyclic) bond motifs is 3. The number of aromatic nitrogens is 1. The van der Waals surface area contributed by atoms with Gasteiger partial charge in [0.1, 0.15) is 0 Å². The van der Waals surface area contributed by atoms with Crippen LogP contribution >= 0.6 is 0 Å². The average molecular weight is 401 g/mol. The van der Waals surface area contributed by atoms with E-state index >= 15 is 0 Å². The fourth-order valence-electron chi connectivity index (χ4n) is 3.70. The number of carbonyl (C=O) groups is 1. The minimum Gasteiger partial charge on any atom is -0.493 e. The second-order valence-electron chi connectivity index (χ2n) is 6.81. The highest BCUT2D eigenvalue weighted by Gasteiger charge is 2.11. The molecule has 4 rings (SSSR count). The summed E-state index contributed by atoms with van der Waals surface area (Å²) in [5, 5.41) is 6.50. The summed E-state index contributed by atoms with van der Waals surface area (Å²) in [6, 6.07) is 19.5. The lowest BCUT2D eigenvalue weighted by Gasteiger charge is -2.08. The molecule has 6 heteroatoms. The van der Waals surface area contributed by atoms with E-state index in [-0.39, 0.29) is 5.91 Å². The Balaban J connectivity index is 1.57. The zero-order valence-electron chi connectivity index (χ0n) is 17.2. The lowest BCUT2D eigenvalue weighted by Crippen LogP contribution is -2.17. The van der Waals surface area contributed by atoms with Crippen LogP contribution in [0.4, 0.5) is 0 Å². The summed E-state index contributed by atoms with van der Waals surface area (Å²) in [6.45, 7) is 3.05. The van der Waals surface area contributed by atoms with Crippen molar-refractivity contribution in [1.82, 2.24) is 9.99 Å². The predicted octanol–water partition coefficient (Wildman–Crippen LogP) is 4.60. The number of hydrazone groups is 1. The van der Waals surface area contributed by atoms with E-state index < -0.39 is 0 Å². The molecule has 0 aliphatic heterocycles. The van der Waals surface area contributed by atoms with Crippen molar-refractivity contribution in [2.24, 2.45) is 5.10 Å². The number of ether oxygens (including phenoxy) is 2. The van der Waals surface area contributed by atoms with Crippen molar-refractivity contribution >= 4 is 33.9 Å². The van der Waals surface area contributed by atoms with Crippen LogP contribution in [-0.2, 0) is 6.54 Å². The number of benzene rings is 3. The standard InChI is InChI=1S/C24H23N3O3/c1-4-27-20-8-6-5-7-18(20)19-13-16(9-11-21(19)27)15-25-26-24(28)17-10-12-22(29-2)23(14-17)30-3/h5-15H,4H2,1-3H3,(H,26,28)/b25-15+. The van der Waals surface area contributed by atoms with E-state index in [0.29, 0.717) is 17.1 Å². The lowest BCUT2D eigenvalue weighted by atomic mass is 10.1. The zero-order valence-corrected chi connectivity index (χ0v) is 17.2. The summed E-state index contributed by atoms with van der Waals surface area (Å²) in [4.78, 5) is 12.4. The first-order valence-corrected chi connectivity index (χ1v) is 9.72. The number of nitrogens with zero attached hydrogens (tertiary/aromatic N) is 2. The highest BCUT2D eigenvalue weighted by atomic mass is 16.5. The summed E-state index contributed by atoms with van der Waals surface area (Å²) in [6.07, 6.45) is 1.65. The second-order valence-corrected chi connectivity index (χ2v) is 6.81. The van der Waals surface area contributed by atoms with E-state index in [0.717, 1.165) is 12.1 Å². The molecule has 0 saturated heterocycles. The highest BCUT2D eigenvalue weighted by molar-refractivity contribution is 6.09. The van der Waals surface area contributed by atoms with Crippen molar-refractivity contribution in [1.29, 1.82) is 0 Å². The Hall–Kier alpha value is -3.80. The van der Waals surface area contributed by atoms with Gasteiger partial charge in [-0.1, -0.05) is 24.3 Å². The third kappa shape index (κ3) is 3.48. The van der Waals surface area contributed by atoms with E-state index in [9.17, 15) is 4.79 Å². The number of para-hydroxylation sites is 1. The first-order chi connectivity index (χ1) is 14.7. The number of hydrogen-bond acceptors (Lipinski definition) is 4. The number of nitrogens with one attached hydrogen (secondary N) is 1. The number of rotatable bonds is 6. The van der Waals surface area contributed by atoms with E-state index in [1.165, 1.54) is 28.9 Å². The number of amides is 1. The average Bonchev–Trinajstić information content (AvgIpc) is 3.11. The Labute approximate surface area is 174 Å². The van der Waals surface area contributed by atoms with Gasteiger partial charge in [0.2, 0.25) is 0 Å². The molecule has 0 aliphatic carbocycles. The molecule has 0 aliphatic rings. The summed E-state index contributed by atoms with van der Waals surface area (Å²) in [5.41, 5.74) is 6.31. The van der Waals surface area contributed by atoms with Gasteiger partial charge in [0.25, 0.3) is 5.91 Å². The molecule has 0 spiro atoms. The van der Waals surface area contributed by atoms with E-state index in [2.05, 4.69) is 52.3 Å². The summed E-state index contributed by atoms with van der Waals surface area (Å²) >= 11 is 0. The molecule has 0 unspecified atom stereocenters. The molecule has 30 heavy (non-hydrogen) atoms. The number of methoxy groups -OCH3 is 2. The van der Waals surface area contributed by atoms with Gasteiger partial charge in [-0.25, -0.2) is 5.43 Å². The molecule has 6 nitrogen and oxygen atoms in total. The maximum Gasteiger partial charge on any atom is 0.271 e. The molecule has 0 fully saturated rings. The predicted molar refractivity (Wildman–Crippen MR) is 120 cm³/mol. The topological polar surface area (TPSA) is 64.9 Å². The minimum atomic E-state index is -0.323. The van der Waals surface area contributed by atoms with Crippen molar-refractivity contribution in [2.45, 2.75) is 13.5 Å². The second kappa shape index (κ2) is 8.29. The molecule has 1 amide bonds.